The van der Waals surface area contributed by atoms with Crippen LogP contribution in [-0.4, -0.2) is 16.0 Å². The minimum Gasteiger partial charge on any atom is -0.507 e. The molecule has 0 atom stereocenters. The highest BCUT2D eigenvalue weighted by Crippen LogP contribution is 2.20. The van der Waals surface area contributed by atoms with Crippen molar-refractivity contribution in [3.63, 3.8) is 0 Å². The molecule has 0 bridgehead atoms. The zero-order valence-electron chi connectivity index (χ0n) is 8.54. The SMILES string of the molecule is N#Cc1cnc(NC(=O)c2ccccc2O)s1. The molecule has 2 N–H and O–H groups in total. The molecule has 17 heavy (non-hydrogen) atoms. The molecule has 1 aromatic carbocycles. The van der Waals surface area contributed by atoms with Crippen molar-refractivity contribution in [2.75, 3.05) is 5.32 Å². The molecule has 0 saturated carbocycles. The number of nitrogens with one attached hydrogen (secondary N) is 1. The third-order valence-electron chi connectivity index (χ3n) is 1.99. The predicted molar refractivity (Wildman–Crippen MR) is 62.9 cm³/mol. The van der Waals surface area contributed by atoms with E-state index in [0.717, 1.165) is 11.3 Å². The molecule has 2 rings (SSSR count). The summed E-state index contributed by atoms with van der Waals surface area (Å²) in [6, 6.07) is 8.14. The standard InChI is InChI=1S/C11H7N3O2S/c12-5-7-6-13-11(17-7)14-10(16)8-3-1-2-4-9(8)15/h1-4,6,15H,(H,13,14,16). The Bertz CT molecular complexity index is 601. The highest BCUT2D eigenvalue weighted by Gasteiger charge is 2.12. The number of anilines is 1. The number of nitrogens with zero attached hydrogens (tertiary/aromatic N) is 2. The number of carbonyl (C=O) groups is 1. The fourth-order valence-corrected chi connectivity index (χ4v) is 1.82. The third kappa shape index (κ3) is 2.41. The van der Waals surface area contributed by atoms with Crippen molar-refractivity contribution in [1.82, 2.24) is 4.98 Å². The Balaban J connectivity index is 2.18. The molecule has 84 valence electrons. The molecular weight excluding hydrogens is 238 g/mol. The first-order chi connectivity index (χ1) is 8.20. The van der Waals surface area contributed by atoms with Crippen molar-refractivity contribution in [3.8, 4) is 11.8 Å². The second-order valence-electron chi connectivity index (χ2n) is 3.11. The highest BCUT2D eigenvalue weighted by atomic mass is 32.1. The lowest BCUT2D eigenvalue weighted by Crippen LogP contribution is -2.11. The fraction of sp³-hybridized carbons (Fsp3) is 0. The summed E-state index contributed by atoms with van der Waals surface area (Å²) in [5, 5.41) is 20.9. The molecule has 6 heteroatoms. The van der Waals surface area contributed by atoms with Crippen LogP contribution in [0.1, 0.15) is 15.2 Å². The Kier molecular flexibility index (Phi) is 3.03. The van der Waals surface area contributed by atoms with Gasteiger partial charge in [-0.1, -0.05) is 23.5 Å². The van der Waals surface area contributed by atoms with Gasteiger partial charge in [-0.15, -0.1) is 0 Å². The largest absolute Gasteiger partial charge is 0.507 e. The monoisotopic (exact) mass is 245 g/mol. The Labute approximate surface area is 101 Å². The minimum absolute atomic E-state index is 0.0953. The first kappa shape index (κ1) is 11.1. The number of benzene rings is 1. The second-order valence-corrected chi connectivity index (χ2v) is 4.14. The van der Waals surface area contributed by atoms with Gasteiger partial charge in [0.15, 0.2) is 5.13 Å². The molecule has 1 amide bonds. The normalized spacial score (nSPS) is 9.59. The quantitative estimate of drug-likeness (QED) is 0.846. The molecule has 0 radical (unpaired) electrons. The number of carbonyl (C=O) groups excluding carboxylic acids is 1. The van der Waals surface area contributed by atoms with Gasteiger partial charge in [0, 0.05) is 0 Å². The average Bonchev–Trinajstić information content (AvgIpc) is 2.77. The number of hydrogen-bond donors (Lipinski definition) is 2. The van der Waals surface area contributed by atoms with Gasteiger partial charge < -0.3 is 5.11 Å². The van der Waals surface area contributed by atoms with Crippen molar-refractivity contribution >= 4 is 22.4 Å². The van der Waals surface area contributed by atoms with Gasteiger partial charge in [-0.05, 0) is 12.1 Å². The molecular formula is C11H7N3O2S. The number of thiazole rings is 1. The van der Waals surface area contributed by atoms with Crippen LogP contribution in [-0.2, 0) is 0 Å². The summed E-state index contributed by atoms with van der Waals surface area (Å²) < 4.78 is 0. The van der Waals surface area contributed by atoms with Crippen molar-refractivity contribution in [1.29, 1.82) is 5.26 Å². The molecule has 1 aromatic heterocycles. The summed E-state index contributed by atoms with van der Waals surface area (Å²) in [5.74, 6) is -0.552. The maximum atomic E-state index is 11.7. The van der Waals surface area contributed by atoms with E-state index in [1.54, 1.807) is 12.1 Å². The lowest BCUT2D eigenvalue weighted by molar-refractivity contribution is 0.102. The summed E-state index contributed by atoms with van der Waals surface area (Å²) in [6.07, 6.45) is 1.38. The lowest BCUT2D eigenvalue weighted by atomic mass is 10.2. The molecule has 2 aromatic rings. The number of amides is 1. The van der Waals surface area contributed by atoms with E-state index >= 15 is 0 Å². The second kappa shape index (κ2) is 4.63. The minimum atomic E-state index is -0.457. The number of rotatable bonds is 2. The van der Waals surface area contributed by atoms with Gasteiger partial charge in [0.1, 0.15) is 16.7 Å². The van der Waals surface area contributed by atoms with Gasteiger partial charge in [0.25, 0.3) is 5.91 Å². The van der Waals surface area contributed by atoms with Crippen LogP contribution in [0, 0.1) is 11.3 Å². The first-order valence-electron chi connectivity index (χ1n) is 4.66. The zero-order chi connectivity index (χ0) is 12.3. The van der Waals surface area contributed by atoms with Crippen molar-refractivity contribution in [2.45, 2.75) is 0 Å². The maximum absolute atomic E-state index is 11.7. The highest BCUT2D eigenvalue weighted by molar-refractivity contribution is 7.16. The molecule has 0 spiro atoms. The van der Waals surface area contributed by atoms with Crippen LogP contribution in [0.25, 0.3) is 0 Å². The number of aromatic hydroxyl groups is 1. The van der Waals surface area contributed by atoms with Crippen molar-refractivity contribution in [2.24, 2.45) is 0 Å². The van der Waals surface area contributed by atoms with Gasteiger partial charge in [-0.25, -0.2) is 4.98 Å². The Morgan fingerprint density at radius 2 is 2.24 bits per heavy atom. The van der Waals surface area contributed by atoms with Crippen LogP contribution in [0.2, 0.25) is 0 Å². The molecule has 0 aliphatic rings. The third-order valence-corrected chi connectivity index (χ3v) is 2.80. The predicted octanol–water partition coefficient (Wildman–Crippen LogP) is 1.97. The lowest BCUT2D eigenvalue weighted by Gasteiger charge is -2.03. The molecule has 0 aliphatic carbocycles. The molecule has 1 heterocycles. The molecule has 0 saturated heterocycles. The number of para-hydroxylation sites is 1. The Morgan fingerprint density at radius 3 is 2.88 bits per heavy atom. The van der Waals surface area contributed by atoms with E-state index in [4.69, 9.17) is 5.26 Å². The van der Waals surface area contributed by atoms with E-state index in [-0.39, 0.29) is 11.3 Å². The first-order valence-corrected chi connectivity index (χ1v) is 5.47. The Morgan fingerprint density at radius 1 is 1.47 bits per heavy atom. The van der Waals surface area contributed by atoms with E-state index in [9.17, 15) is 9.90 Å². The molecule has 5 nitrogen and oxygen atoms in total. The van der Waals surface area contributed by atoms with Crippen molar-refractivity contribution in [3.05, 3.63) is 40.9 Å². The molecule has 0 fully saturated rings. The topological polar surface area (TPSA) is 86.0 Å². The van der Waals surface area contributed by atoms with Gasteiger partial charge in [0.05, 0.1) is 11.8 Å². The van der Waals surface area contributed by atoms with E-state index in [1.807, 2.05) is 6.07 Å². The summed E-state index contributed by atoms with van der Waals surface area (Å²) in [5.41, 5.74) is 0.168. The van der Waals surface area contributed by atoms with Gasteiger partial charge in [-0.3, -0.25) is 10.1 Å². The fourth-order valence-electron chi connectivity index (χ4n) is 1.21. The van der Waals surface area contributed by atoms with Crippen LogP contribution in [0.15, 0.2) is 30.5 Å². The van der Waals surface area contributed by atoms with Gasteiger partial charge in [-0.2, -0.15) is 5.26 Å². The van der Waals surface area contributed by atoms with Gasteiger partial charge >= 0.3 is 0 Å². The van der Waals surface area contributed by atoms with Crippen LogP contribution in [0.3, 0.4) is 0 Å². The number of aromatic nitrogens is 1. The van der Waals surface area contributed by atoms with Crippen LogP contribution < -0.4 is 5.32 Å². The zero-order valence-corrected chi connectivity index (χ0v) is 9.36. The number of nitriles is 1. The van der Waals surface area contributed by atoms with Gasteiger partial charge in [0.2, 0.25) is 0 Å². The average molecular weight is 245 g/mol. The number of phenols is 1. The van der Waals surface area contributed by atoms with Crippen molar-refractivity contribution < 1.29 is 9.90 Å². The summed E-state index contributed by atoms with van der Waals surface area (Å²) in [4.78, 5) is 16.0. The van der Waals surface area contributed by atoms with Crippen LogP contribution >= 0.6 is 11.3 Å². The number of hydrogen-bond acceptors (Lipinski definition) is 5. The summed E-state index contributed by atoms with van der Waals surface area (Å²) in [7, 11) is 0. The van der Waals surface area contributed by atoms with Crippen LogP contribution in [0.5, 0.6) is 5.75 Å². The number of phenolic OH excluding ortho intramolecular Hbond substituents is 1. The Hall–Kier alpha value is -2.39. The summed E-state index contributed by atoms with van der Waals surface area (Å²) in [6.45, 7) is 0. The van der Waals surface area contributed by atoms with E-state index in [2.05, 4.69) is 10.3 Å². The summed E-state index contributed by atoms with van der Waals surface area (Å²) >= 11 is 1.08. The molecule has 0 unspecified atom stereocenters. The van der Waals surface area contributed by atoms with E-state index in [0.29, 0.717) is 10.0 Å². The van der Waals surface area contributed by atoms with E-state index < -0.39 is 5.91 Å². The smallest absolute Gasteiger partial charge is 0.261 e. The van der Waals surface area contributed by atoms with E-state index in [1.165, 1.54) is 18.3 Å². The molecule has 0 aliphatic heterocycles. The maximum Gasteiger partial charge on any atom is 0.261 e. The van der Waals surface area contributed by atoms with Crippen LogP contribution in [0.4, 0.5) is 5.13 Å².